The van der Waals surface area contributed by atoms with Crippen LogP contribution in [0.15, 0.2) is 52.3 Å². The lowest BCUT2D eigenvalue weighted by molar-refractivity contribution is 0.0602. The molecular formula is C15H15NO3S. The van der Waals surface area contributed by atoms with E-state index in [0.717, 1.165) is 15.5 Å². The van der Waals surface area contributed by atoms with Gasteiger partial charge in [-0.3, -0.25) is 0 Å². The van der Waals surface area contributed by atoms with E-state index >= 15 is 0 Å². The largest absolute Gasteiger partial charge is 0.497 e. The SMILES string of the molecule is COC(=O)c1ccc(Sc2ccc(OC)cc2)cc1N. The summed E-state index contributed by atoms with van der Waals surface area (Å²) < 4.78 is 9.77. The molecule has 0 amide bonds. The highest BCUT2D eigenvalue weighted by Gasteiger charge is 2.10. The van der Waals surface area contributed by atoms with Crippen molar-refractivity contribution in [1.82, 2.24) is 0 Å². The van der Waals surface area contributed by atoms with Crippen molar-refractivity contribution < 1.29 is 14.3 Å². The summed E-state index contributed by atoms with van der Waals surface area (Å²) in [6.45, 7) is 0. The first kappa shape index (κ1) is 14.3. The number of ether oxygens (including phenoxy) is 2. The van der Waals surface area contributed by atoms with Gasteiger partial charge in [-0.05, 0) is 42.5 Å². The number of anilines is 1. The Bertz CT molecular complexity index is 611. The van der Waals surface area contributed by atoms with E-state index in [4.69, 9.17) is 10.5 Å². The summed E-state index contributed by atoms with van der Waals surface area (Å²) >= 11 is 1.56. The summed E-state index contributed by atoms with van der Waals surface area (Å²) in [4.78, 5) is 13.5. The molecule has 0 aliphatic heterocycles. The predicted molar refractivity (Wildman–Crippen MR) is 79.3 cm³/mol. The van der Waals surface area contributed by atoms with Crippen LogP contribution in [0.3, 0.4) is 0 Å². The zero-order chi connectivity index (χ0) is 14.5. The van der Waals surface area contributed by atoms with Crippen LogP contribution in [0, 0.1) is 0 Å². The molecule has 0 atom stereocenters. The second kappa shape index (κ2) is 6.34. The van der Waals surface area contributed by atoms with Crippen LogP contribution in [0.4, 0.5) is 5.69 Å². The van der Waals surface area contributed by atoms with Crippen molar-refractivity contribution in [1.29, 1.82) is 0 Å². The van der Waals surface area contributed by atoms with Gasteiger partial charge in [0.2, 0.25) is 0 Å². The van der Waals surface area contributed by atoms with Gasteiger partial charge in [0.15, 0.2) is 0 Å². The topological polar surface area (TPSA) is 61.5 Å². The summed E-state index contributed by atoms with van der Waals surface area (Å²) in [5, 5.41) is 0. The first-order valence-corrected chi connectivity index (χ1v) is 6.75. The Morgan fingerprint density at radius 2 is 1.70 bits per heavy atom. The van der Waals surface area contributed by atoms with Crippen molar-refractivity contribution in [2.45, 2.75) is 9.79 Å². The minimum Gasteiger partial charge on any atom is -0.497 e. The average Bonchev–Trinajstić information content (AvgIpc) is 2.47. The Hall–Kier alpha value is -2.14. The lowest BCUT2D eigenvalue weighted by Gasteiger charge is -2.07. The number of benzene rings is 2. The van der Waals surface area contributed by atoms with Gasteiger partial charge in [0.1, 0.15) is 5.75 Å². The smallest absolute Gasteiger partial charge is 0.339 e. The molecule has 0 bridgehead atoms. The summed E-state index contributed by atoms with van der Waals surface area (Å²) in [6.07, 6.45) is 0. The van der Waals surface area contributed by atoms with E-state index in [1.165, 1.54) is 7.11 Å². The fraction of sp³-hybridized carbons (Fsp3) is 0.133. The predicted octanol–water partition coefficient (Wildman–Crippen LogP) is 3.22. The molecule has 5 heteroatoms. The number of hydrogen-bond donors (Lipinski definition) is 1. The zero-order valence-corrected chi connectivity index (χ0v) is 12.1. The van der Waals surface area contributed by atoms with Crippen LogP contribution in [-0.4, -0.2) is 20.2 Å². The molecule has 0 fully saturated rings. The lowest BCUT2D eigenvalue weighted by atomic mass is 10.2. The van der Waals surface area contributed by atoms with Gasteiger partial charge in [-0.2, -0.15) is 0 Å². The number of esters is 1. The Kier molecular flexibility index (Phi) is 4.53. The van der Waals surface area contributed by atoms with Crippen molar-refractivity contribution in [3.63, 3.8) is 0 Å². The highest BCUT2D eigenvalue weighted by molar-refractivity contribution is 7.99. The number of methoxy groups -OCH3 is 2. The molecule has 0 heterocycles. The molecule has 0 aromatic heterocycles. The van der Waals surface area contributed by atoms with Crippen molar-refractivity contribution in [2.24, 2.45) is 0 Å². The third-order valence-electron chi connectivity index (χ3n) is 2.72. The second-order valence-corrected chi connectivity index (χ2v) is 5.17. The van der Waals surface area contributed by atoms with Gasteiger partial charge in [-0.1, -0.05) is 11.8 Å². The van der Waals surface area contributed by atoms with Crippen LogP contribution in [0.5, 0.6) is 5.75 Å². The molecule has 0 unspecified atom stereocenters. The fourth-order valence-electron chi connectivity index (χ4n) is 1.68. The quantitative estimate of drug-likeness (QED) is 0.691. The molecule has 0 aliphatic carbocycles. The van der Waals surface area contributed by atoms with Gasteiger partial charge in [0.05, 0.1) is 19.8 Å². The Balaban J connectivity index is 2.17. The molecular weight excluding hydrogens is 274 g/mol. The molecule has 2 N–H and O–H groups in total. The van der Waals surface area contributed by atoms with Crippen molar-refractivity contribution >= 4 is 23.4 Å². The van der Waals surface area contributed by atoms with E-state index in [9.17, 15) is 4.79 Å². The molecule has 0 radical (unpaired) electrons. The Morgan fingerprint density at radius 3 is 2.25 bits per heavy atom. The monoisotopic (exact) mass is 289 g/mol. The number of carbonyl (C=O) groups is 1. The summed E-state index contributed by atoms with van der Waals surface area (Å²) in [5.74, 6) is 0.387. The summed E-state index contributed by atoms with van der Waals surface area (Å²) in [7, 11) is 2.97. The standard InChI is InChI=1S/C15H15NO3S/c1-18-10-3-5-11(6-4-10)20-12-7-8-13(14(16)9-12)15(17)19-2/h3-9H,16H2,1-2H3. The zero-order valence-electron chi connectivity index (χ0n) is 11.3. The molecule has 2 rings (SSSR count). The Labute approximate surface area is 121 Å². The van der Waals surface area contributed by atoms with Crippen LogP contribution < -0.4 is 10.5 Å². The molecule has 2 aromatic rings. The first-order chi connectivity index (χ1) is 9.63. The number of nitrogens with two attached hydrogens (primary N) is 1. The number of rotatable bonds is 4. The molecule has 0 saturated heterocycles. The van der Waals surface area contributed by atoms with Crippen molar-refractivity contribution in [3.05, 3.63) is 48.0 Å². The van der Waals surface area contributed by atoms with Crippen molar-refractivity contribution in [3.8, 4) is 5.75 Å². The van der Waals surface area contributed by atoms with E-state index in [0.29, 0.717) is 11.3 Å². The highest BCUT2D eigenvalue weighted by atomic mass is 32.2. The van der Waals surface area contributed by atoms with Crippen molar-refractivity contribution in [2.75, 3.05) is 20.0 Å². The van der Waals surface area contributed by atoms with Gasteiger partial charge < -0.3 is 15.2 Å². The van der Waals surface area contributed by atoms with Gasteiger partial charge in [0.25, 0.3) is 0 Å². The lowest BCUT2D eigenvalue weighted by Crippen LogP contribution is -2.05. The first-order valence-electron chi connectivity index (χ1n) is 5.94. The summed E-state index contributed by atoms with van der Waals surface area (Å²) in [6, 6.07) is 13.0. The fourth-order valence-corrected chi connectivity index (χ4v) is 2.55. The normalized spacial score (nSPS) is 10.1. The maximum absolute atomic E-state index is 11.5. The molecule has 0 saturated carbocycles. The third kappa shape index (κ3) is 3.24. The number of nitrogen functional groups attached to an aromatic ring is 1. The average molecular weight is 289 g/mol. The maximum Gasteiger partial charge on any atom is 0.339 e. The van der Waals surface area contributed by atoms with E-state index in [1.54, 1.807) is 31.0 Å². The minimum atomic E-state index is -0.427. The van der Waals surface area contributed by atoms with Crippen LogP contribution in [0.25, 0.3) is 0 Å². The van der Waals surface area contributed by atoms with Gasteiger partial charge in [-0.25, -0.2) is 4.79 Å². The van der Waals surface area contributed by atoms with Crippen LogP contribution in [0.2, 0.25) is 0 Å². The van der Waals surface area contributed by atoms with Crippen LogP contribution >= 0.6 is 11.8 Å². The molecule has 0 spiro atoms. The second-order valence-electron chi connectivity index (χ2n) is 4.02. The van der Waals surface area contributed by atoms with Gasteiger partial charge in [0, 0.05) is 15.5 Å². The van der Waals surface area contributed by atoms with Gasteiger partial charge in [-0.15, -0.1) is 0 Å². The van der Waals surface area contributed by atoms with E-state index in [1.807, 2.05) is 30.3 Å². The van der Waals surface area contributed by atoms with E-state index in [-0.39, 0.29) is 0 Å². The molecule has 0 aliphatic rings. The Morgan fingerprint density at radius 1 is 1.05 bits per heavy atom. The molecule has 2 aromatic carbocycles. The maximum atomic E-state index is 11.5. The number of hydrogen-bond acceptors (Lipinski definition) is 5. The minimum absolute atomic E-state index is 0.381. The highest BCUT2D eigenvalue weighted by Crippen LogP contribution is 2.31. The molecule has 20 heavy (non-hydrogen) atoms. The molecule has 4 nitrogen and oxygen atoms in total. The molecule has 104 valence electrons. The van der Waals surface area contributed by atoms with Gasteiger partial charge >= 0.3 is 5.97 Å². The van der Waals surface area contributed by atoms with Crippen LogP contribution in [0.1, 0.15) is 10.4 Å². The number of carbonyl (C=O) groups excluding carboxylic acids is 1. The third-order valence-corrected chi connectivity index (χ3v) is 3.72. The van der Waals surface area contributed by atoms with Crippen LogP contribution in [-0.2, 0) is 4.74 Å². The van der Waals surface area contributed by atoms with E-state index in [2.05, 4.69) is 4.74 Å². The van der Waals surface area contributed by atoms with E-state index < -0.39 is 5.97 Å². The summed E-state index contributed by atoms with van der Waals surface area (Å²) in [5.41, 5.74) is 6.66.